The van der Waals surface area contributed by atoms with Crippen LogP contribution in [0.15, 0.2) is 37.9 Å². The Balaban J connectivity index is 2.38. The summed E-state index contributed by atoms with van der Waals surface area (Å²) in [6.07, 6.45) is 0. The number of halogens is 4. The Morgan fingerprint density at radius 1 is 1.16 bits per heavy atom. The van der Waals surface area contributed by atoms with Gasteiger partial charge in [-0.15, -0.1) is 11.3 Å². The van der Waals surface area contributed by atoms with Gasteiger partial charge in [0.15, 0.2) is 0 Å². The molecule has 0 aliphatic rings. The Labute approximate surface area is 129 Å². The molecule has 0 saturated heterocycles. The molecule has 1 aromatic carbocycles. The summed E-state index contributed by atoms with van der Waals surface area (Å²) in [4.78, 5) is 0. The first kappa shape index (κ1) is 14.9. The van der Waals surface area contributed by atoms with Crippen LogP contribution in [0, 0.1) is 0 Å². The van der Waals surface area contributed by atoms with E-state index < -0.39 is 12.7 Å². The van der Waals surface area contributed by atoms with E-state index >= 15 is 0 Å². The molecular formula is C12H9Br2F2NOS. The lowest BCUT2D eigenvalue weighted by molar-refractivity contribution is -0.0505. The number of para-hydroxylation sites is 1. The molecule has 2 nitrogen and oxygen atoms in total. The van der Waals surface area contributed by atoms with Gasteiger partial charge in [0.2, 0.25) is 0 Å². The maximum atomic E-state index is 12.4. The van der Waals surface area contributed by atoms with Gasteiger partial charge in [0.1, 0.15) is 5.75 Å². The first-order valence-corrected chi connectivity index (χ1v) is 7.63. The van der Waals surface area contributed by atoms with Gasteiger partial charge in [-0.3, -0.25) is 0 Å². The van der Waals surface area contributed by atoms with E-state index in [1.807, 2.05) is 6.07 Å². The van der Waals surface area contributed by atoms with Crippen LogP contribution in [0.4, 0.5) is 8.78 Å². The third-order valence-electron chi connectivity index (χ3n) is 2.49. The van der Waals surface area contributed by atoms with Gasteiger partial charge >= 0.3 is 6.61 Å². The minimum atomic E-state index is -2.87. The van der Waals surface area contributed by atoms with Crippen LogP contribution in [0.25, 0.3) is 0 Å². The van der Waals surface area contributed by atoms with Gasteiger partial charge in [0.05, 0.1) is 13.6 Å². The number of hydrogen-bond acceptors (Lipinski definition) is 3. The van der Waals surface area contributed by atoms with Crippen molar-refractivity contribution in [3.63, 3.8) is 0 Å². The van der Waals surface area contributed by atoms with Gasteiger partial charge < -0.3 is 10.5 Å². The molecule has 102 valence electrons. The second-order valence-electron chi connectivity index (χ2n) is 3.67. The summed E-state index contributed by atoms with van der Waals surface area (Å²) in [5.41, 5.74) is 7.48. The molecule has 7 heteroatoms. The second-order valence-corrected chi connectivity index (χ2v) is 7.42. The highest BCUT2D eigenvalue weighted by Crippen LogP contribution is 2.39. The van der Waals surface area contributed by atoms with Crippen LogP contribution in [0.3, 0.4) is 0 Å². The highest BCUT2D eigenvalue weighted by molar-refractivity contribution is 9.12. The first-order chi connectivity index (χ1) is 8.99. The van der Waals surface area contributed by atoms with Crippen LogP contribution in [-0.4, -0.2) is 6.61 Å². The van der Waals surface area contributed by atoms with Crippen molar-refractivity contribution in [2.24, 2.45) is 5.73 Å². The van der Waals surface area contributed by atoms with Gasteiger partial charge in [-0.2, -0.15) is 8.78 Å². The Morgan fingerprint density at radius 3 is 2.42 bits per heavy atom. The minimum absolute atomic E-state index is 0.0965. The molecule has 0 radical (unpaired) electrons. The molecule has 1 heterocycles. The van der Waals surface area contributed by atoms with Gasteiger partial charge in [-0.1, -0.05) is 18.2 Å². The molecule has 0 saturated carbocycles. The second kappa shape index (κ2) is 6.30. The summed E-state index contributed by atoms with van der Waals surface area (Å²) < 4.78 is 31.0. The van der Waals surface area contributed by atoms with Crippen LogP contribution in [0.5, 0.6) is 5.75 Å². The fraction of sp³-hybridized carbons (Fsp3) is 0.167. The third-order valence-corrected chi connectivity index (χ3v) is 4.87. The average molecular weight is 413 g/mol. The molecule has 1 aromatic heterocycles. The molecule has 0 spiro atoms. The third kappa shape index (κ3) is 3.53. The first-order valence-electron chi connectivity index (χ1n) is 5.23. The molecule has 19 heavy (non-hydrogen) atoms. The molecule has 0 aliphatic carbocycles. The van der Waals surface area contributed by atoms with Crippen molar-refractivity contribution in [1.29, 1.82) is 0 Å². The number of alkyl halides is 2. The predicted octanol–water partition coefficient (Wildman–Crippen LogP) is 4.92. The fourth-order valence-corrected chi connectivity index (χ4v) is 4.60. The SMILES string of the molecule is NC(c1ccccc1OC(F)F)c1cc(Br)sc1Br. The maximum absolute atomic E-state index is 12.4. The Morgan fingerprint density at radius 2 is 1.84 bits per heavy atom. The van der Waals surface area contributed by atoms with Crippen LogP contribution in [-0.2, 0) is 0 Å². The van der Waals surface area contributed by atoms with Crippen molar-refractivity contribution >= 4 is 43.2 Å². The summed E-state index contributed by atoms with van der Waals surface area (Å²) in [5, 5.41) is 0. The molecule has 0 bridgehead atoms. The van der Waals surface area contributed by atoms with Gasteiger partial charge in [-0.25, -0.2) is 0 Å². The molecule has 0 aliphatic heterocycles. The highest BCUT2D eigenvalue weighted by Gasteiger charge is 2.20. The predicted molar refractivity (Wildman–Crippen MR) is 78.8 cm³/mol. The molecule has 0 fully saturated rings. The summed E-state index contributed by atoms with van der Waals surface area (Å²) in [6.45, 7) is -2.87. The smallest absolute Gasteiger partial charge is 0.387 e. The number of benzene rings is 1. The van der Waals surface area contributed by atoms with E-state index in [1.54, 1.807) is 18.2 Å². The lowest BCUT2D eigenvalue weighted by Crippen LogP contribution is -2.14. The minimum Gasteiger partial charge on any atom is -0.434 e. The topological polar surface area (TPSA) is 35.2 Å². The Kier molecular flexibility index (Phi) is 4.94. The number of ether oxygens (including phenoxy) is 1. The van der Waals surface area contributed by atoms with Crippen molar-refractivity contribution < 1.29 is 13.5 Å². The van der Waals surface area contributed by atoms with Crippen molar-refractivity contribution in [1.82, 2.24) is 0 Å². The summed E-state index contributed by atoms with van der Waals surface area (Å²) in [7, 11) is 0. The molecule has 1 unspecified atom stereocenters. The summed E-state index contributed by atoms with van der Waals surface area (Å²) in [5.74, 6) is 0.0965. The van der Waals surface area contributed by atoms with Gasteiger partial charge in [0, 0.05) is 5.56 Å². The van der Waals surface area contributed by atoms with Crippen molar-refractivity contribution in [2.75, 3.05) is 0 Å². The monoisotopic (exact) mass is 411 g/mol. The van der Waals surface area contributed by atoms with E-state index in [2.05, 4.69) is 36.6 Å². The van der Waals surface area contributed by atoms with E-state index in [0.717, 1.165) is 13.1 Å². The molecule has 2 rings (SSSR count). The van der Waals surface area contributed by atoms with Gasteiger partial charge in [0.25, 0.3) is 0 Å². The van der Waals surface area contributed by atoms with E-state index in [4.69, 9.17) is 5.73 Å². The van der Waals surface area contributed by atoms with Crippen molar-refractivity contribution in [2.45, 2.75) is 12.7 Å². The molecule has 0 amide bonds. The number of nitrogens with two attached hydrogens (primary N) is 1. The Hall–Kier alpha value is -0.500. The van der Waals surface area contributed by atoms with Gasteiger partial charge in [-0.05, 0) is 49.6 Å². The summed E-state index contributed by atoms with van der Waals surface area (Å²) >= 11 is 8.25. The molecular weight excluding hydrogens is 404 g/mol. The number of hydrogen-bond donors (Lipinski definition) is 1. The molecule has 2 aromatic rings. The fourth-order valence-electron chi connectivity index (χ4n) is 1.67. The van der Waals surface area contributed by atoms with Crippen LogP contribution < -0.4 is 10.5 Å². The van der Waals surface area contributed by atoms with E-state index in [-0.39, 0.29) is 5.75 Å². The zero-order chi connectivity index (χ0) is 14.0. The van der Waals surface area contributed by atoms with Crippen LogP contribution in [0.1, 0.15) is 17.2 Å². The van der Waals surface area contributed by atoms with Crippen molar-refractivity contribution in [3.8, 4) is 5.75 Å². The quantitative estimate of drug-likeness (QED) is 0.773. The maximum Gasteiger partial charge on any atom is 0.387 e. The zero-order valence-corrected chi connectivity index (χ0v) is 13.4. The van der Waals surface area contributed by atoms with Crippen molar-refractivity contribution in [3.05, 3.63) is 49.0 Å². The zero-order valence-electron chi connectivity index (χ0n) is 9.45. The number of rotatable bonds is 4. The standard InChI is InChI=1S/C12H9Br2F2NOS/c13-9-5-7(11(14)19-9)10(17)6-3-1-2-4-8(6)18-12(15)16/h1-5,10,12H,17H2. The van der Waals surface area contributed by atoms with E-state index in [0.29, 0.717) is 5.56 Å². The van der Waals surface area contributed by atoms with Crippen LogP contribution in [0.2, 0.25) is 0 Å². The Bertz CT molecular complexity index is 577. The lowest BCUT2D eigenvalue weighted by Gasteiger charge is -2.16. The average Bonchev–Trinajstić information content (AvgIpc) is 2.67. The largest absolute Gasteiger partial charge is 0.434 e. The summed E-state index contributed by atoms with van der Waals surface area (Å²) in [6, 6.07) is 7.86. The van der Waals surface area contributed by atoms with E-state index in [9.17, 15) is 8.78 Å². The normalized spacial score (nSPS) is 12.7. The molecule has 2 N–H and O–H groups in total. The van der Waals surface area contributed by atoms with Crippen LogP contribution >= 0.6 is 43.2 Å². The molecule has 1 atom stereocenters. The number of thiophene rings is 1. The van der Waals surface area contributed by atoms with E-state index in [1.165, 1.54) is 17.4 Å². The lowest BCUT2D eigenvalue weighted by atomic mass is 10.0. The highest BCUT2D eigenvalue weighted by atomic mass is 79.9.